The molecular weight excluding hydrogens is 180 g/mol. The lowest BCUT2D eigenvalue weighted by Crippen LogP contribution is -2.14. The third kappa shape index (κ3) is 1.71. The Labute approximate surface area is 83.1 Å². The third-order valence-corrected chi connectivity index (χ3v) is 2.10. The van der Waals surface area contributed by atoms with Crippen molar-refractivity contribution in [1.29, 1.82) is 0 Å². The summed E-state index contributed by atoms with van der Waals surface area (Å²) in [6.07, 6.45) is 1.71. The number of hydrogen-bond acceptors (Lipinski definition) is 3. The summed E-state index contributed by atoms with van der Waals surface area (Å²) in [5, 5.41) is 4.09. The van der Waals surface area contributed by atoms with Gasteiger partial charge in [-0.05, 0) is 12.8 Å². The molecule has 5 nitrogen and oxygen atoms in total. The van der Waals surface area contributed by atoms with Gasteiger partial charge >= 0.3 is 0 Å². The second kappa shape index (κ2) is 4.13. The molecular formula is C9H16N4O. The van der Waals surface area contributed by atoms with E-state index in [1.165, 1.54) is 0 Å². The molecule has 78 valence electrons. The van der Waals surface area contributed by atoms with Gasteiger partial charge in [0.1, 0.15) is 0 Å². The Kier molecular flexibility index (Phi) is 3.11. The van der Waals surface area contributed by atoms with Crippen molar-refractivity contribution in [3.8, 4) is 0 Å². The summed E-state index contributed by atoms with van der Waals surface area (Å²) in [4.78, 5) is 11.0. The van der Waals surface area contributed by atoms with Crippen LogP contribution in [0.1, 0.15) is 36.5 Å². The topological polar surface area (TPSA) is 86.9 Å². The first-order chi connectivity index (χ1) is 6.61. The van der Waals surface area contributed by atoms with Crippen molar-refractivity contribution in [1.82, 2.24) is 9.78 Å². The number of aromatic nitrogens is 2. The number of carbonyl (C=O) groups excluding carboxylic acids is 1. The molecule has 0 atom stereocenters. The fourth-order valence-electron chi connectivity index (χ4n) is 1.46. The molecule has 1 amide bonds. The SMILES string of the molecule is CCCn1nc(C(N)=O)c(N)c1CC. The van der Waals surface area contributed by atoms with E-state index in [0.29, 0.717) is 5.69 Å². The Morgan fingerprint density at radius 2 is 2.14 bits per heavy atom. The molecule has 4 N–H and O–H groups in total. The normalized spacial score (nSPS) is 10.4. The predicted octanol–water partition coefficient (Wildman–Crippen LogP) is 0.537. The lowest BCUT2D eigenvalue weighted by Gasteiger charge is -2.02. The van der Waals surface area contributed by atoms with Gasteiger partial charge in [0.25, 0.3) is 5.91 Å². The maximum Gasteiger partial charge on any atom is 0.271 e. The maximum absolute atomic E-state index is 11.0. The van der Waals surface area contributed by atoms with Gasteiger partial charge in [-0.2, -0.15) is 5.10 Å². The van der Waals surface area contributed by atoms with Crippen LogP contribution >= 0.6 is 0 Å². The van der Waals surface area contributed by atoms with E-state index in [0.717, 1.165) is 25.1 Å². The summed E-state index contributed by atoms with van der Waals surface area (Å²) in [6, 6.07) is 0. The number of anilines is 1. The molecule has 0 aromatic carbocycles. The summed E-state index contributed by atoms with van der Waals surface area (Å²) in [5.41, 5.74) is 12.4. The number of nitrogen functional groups attached to an aromatic ring is 1. The molecule has 0 radical (unpaired) electrons. The lowest BCUT2D eigenvalue weighted by molar-refractivity contribution is 0.0995. The van der Waals surface area contributed by atoms with Crippen molar-refractivity contribution in [2.24, 2.45) is 5.73 Å². The first-order valence-corrected chi connectivity index (χ1v) is 4.76. The zero-order valence-corrected chi connectivity index (χ0v) is 8.58. The zero-order valence-electron chi connectivity index (χ0n) is 8.58. The first kappa shape index (κ1) is 10.6. The summed E-state index contributed by atoms with van der Waals surface area (Å²) in [5.74, 6) is -0.563. The molecule has 0 unspecified atom stereocenters. The van der Waals surface area contributed by atoms with Crippen LogP contribution in [0.25, 0.3) is 0 Å². The third-order valence-electron chi connectivity index (χ3n) is 2.10. The summed E-state index contributed by atoms with van der Waals surface area (Å²) in [6.45, 7) is 4.78. The second-order valence-electron chi connectivity index (χ2n) is 3.15. The number of amides is 1. The first-order valence-electron chi connectivity index (χ1n) is 4.76. The Bertz CT molecular complexity index is 343. The van der Waals surface area contributed by atoms with Crippen LogP contribution in [-0.4, -0.2) is 15.7 Å². The molecule has 0 saturated carbocycles. The van der Waals surface area contributed by atoms with Gasteiger partial charge in [0.05, 0.1) is 11.4 Å². The molecule has 0 spiro atoms. The molecule has 5 heteroatoms. The maximum atomic E-state index is 11.0. The lowest BCUT2D eigenvalue weighted by atomic mass is 10.2. The minimum absolute atomic E-state index is 0.190. The average molecular weight is 196 g/mol. The molecule has 0 aliphatic carbocycles. The highest BCUT2D eigenvalue weighted by molar-refractivity contribution is 5.96. The van der Waals surface area contributed by atoms with Crippen molar-refractivity contribution in [3.63, 3.8) is 0 Å². The summed E-state index contributed by atoms with van der Waals surface area (Å²) < 4.78 is 1.76. The monoisotopic (exact) mass is 196 g/mol. The number of nitrogens with two attached hydrogens (primary N) is 2. The van der Waals surface area contributed by atoms with Gasteiger partial charge in [-0.3, -0.25) is 9.48 Å². The van der Waals surface area contributed by atoms with Crippen molar-refractivity contribution >= 4 is 11.6 Å². The van der Waals surface area contributed by atoms with Crippen molar-refractivity contribution in [3.05, 3.63) is 11.4 Å². The molecule has 1 rings (SSSR count). The van der Waals surface area contributed by atoms with Crippen LogP contribution in [0.3, 0.4) is 0 Å². The fraction of sp³-hybridized carbons (Fsp3) is 0.556. The van der Waals surface area contributed by atoms with E-state index in [-0.39, 0.29) is 5.69 Å². The van der Waals surface area contributed by atoms with Gasteiger partial charge in [0.2, 0.25) is 0 Å². The second-order valence-corrected chi connectivity index (χ2v) is 3.15. The van der Waals surface area contributed by atoms with Crippen LogP contribution in [0.5, 0.6) is 0 Å². The van der Waals surface area contributed by atoms with Crippen molar-refractivity contribution < 1.29 is 4.79 Å². The number of aryl methyl sites for hydroxylation is 1. The molecule has 14 heavy (non-hydrogen) atoms. The van der Waals surface area contributed by atoms with E-state index < -0.39 is 5.91 Å². The predicted molar refractivity (Wildman–Crippen MR) is 54.8 cm³/mol. The Hall–Kier alpha value is -1.52. The molecule has 1 aromatic heterocycles. The van der Waals surface area contributed by atoms with E-state index in [1.807, 2.05) is 13.8 Å². The van der Waals surface area contributed by atoms with Crippen LogP contribution < -0.4 is 11.5 Å². The van der Waals surface area contributed by atoms with Crippen LogP contribution in [0.15, 0.2) is 0 Å². The van der Waals surface area contributed by atoms with Gasteiger partial charge in [0, 0.05) is 6.54 Å². The van der Waals surface area contributed by atoms with E-state index in [9.17, 15) is 4.79 Å². The smallest absolute Gasteiger partial charge is 0.271 e. The van der Waals surface area contributed by atoms with Gasteiger partial charge in [-0.15, -0.1) is 0 Å². The van der Waals surface area contributed by atoms with Crippen LogP contribution in [0.2, 0.25) is 0 Å². The molecule has 0 fully saturated rings. The molecule has 1 aromatic rings. The molecule has 0 bridgehead atoms. The fourth-order valence-corrected chi connectivity index (χ4v) is 1.46. The standard InChI is InChI=1S/C9H16N4O/c1-3-5-13-6(4-2)7(10)8(12-13)9(11)14/h3-5,10H2,1-2H3,(H2,11,14). The zero-order chi connectivity index (χ0) is 10.7. The average Bonchev–Trinajstić information content (AvgIpc) is 2.43. The molecule has 0 aliphatic heterocycles. The van der Waals surface area contributed by atoms with Gasteiger partial charge in [-0.25, -0.2) is 0 Å². The van der Waals surface area contributed by atoms with E-state index >= 15 is 0 Å². The van der Waals surface area contributed by atoms with Crippen LogP contribution in [-0.2, 0) is 13.0 Å². The molecule has 0 aliphatic rings. The van der Waals surface area contributed by atoms with Gasteiger partial charge in [0.15, 0.2) is 5.69 Å². The van der Waals surface area contributed by atoms with Crippen LogP contribution in [0, 0.1) is 0 Å². The number of nitrogens with zero attached hydrogens (tertiary/aromatic N) is 2. The summed E-state index contributed by atoms with van der Waals surface area (Å²) in [7, 11) is 0. The van der Waals surface area contributed by atoms with Crippen molar-refractivity contribution in [2.75, 3.05) is 5.73 Å². The number of rotatable bonds is 4. The van der Waals surface area contributed by atoms with E-state index in [2.05, 4.69) is 5.10 Å². The number of carbonyl (C=O) groups is 1. The molecule has 0 saturated heterocycles. The minimum atomic E-state index is -0.563. The minimum Gasteiger partial charge on any atom is -0.395 e. The number of hydrogen-bond donors (Lipinski definition) is 2. The Morgan fingerprint density at radius 1 is 1.50 bits per heavy atom. The Balaban J connectivity index is 3.17. The summed E-state index contributed by atoms with van der Waals surface area (Å²) >= 11 is 0. The van der Waals surface area contributed by atoms with Crippen molar-refractivity contribution in [2.45, 2.75) is 33.2 Å². The highest BCUT2D eigenvalue weighted by atomic mass is 16.1. The van der Waals surface area contributed by atoms with E-state index in [4.69, 9.17) is 11.5 Å². The quantitative estimate of drug-likeness (QED) is 0.736. The van der Waals surface area contributed by atoms with Crippen LogP contribution in [0.4, 0.5) is 5.69 Å². The highest BCUT2D eigenvalue weighted by Crippen LogP contribution is 2.17. The Morgan fingerprint density at radius 3 is 2.57 bits per heavy atom. The number of primary amides is 1. The van der Waals surface area contributed by atoms with Gasteiger partial charge in [-0.1, -0.05) is 13.8 Å². The molecule has 1 heterocycles. The highest BCUT2D eigenvalue weighted by Gasteiger charge is 2.16. The van der Waals surface area contributed by atoms with E-state index in [1.54, 1.807) is 4.68 Å². The largest absolute Gasteiger partial charge is 0.395 e. The van der Waals surface area contributed by atoms with Gasteiger partial charge < -0.3 is 11.5 Å².